The molecule has 0 radical (unpaired) electrons. The van der Waals surface area contributed by atoms with Gasteiger partial charge in [0.2, 0.25) is 0 Å². The summed E-state index contributed by atoms with van der Waals surface area (Å²) in [7, 11) is 1.66. The molecule has 1 aromatic rings. The van der Waals surface area contributed by atoms with Gasteiger partial charge in [-0.05, 0) is 37.9 Å². The maximum Gasteiger partial charge on any atom is 0.266 e. The molecule has 2 rings (SSSR count). The molecule has 84 valence electrons. The van der Waals surface area contributed by atoms with E-state index in [1.54, 1.807) is 19.2 Å². The van der Waals surface area contributed by atoms with Gasteiger partial charge >= 0.3 is 0 Å². The number of hydrogen-bond donors (Lipinski definition) is 0. The first-order chi connectivity index (χ1) is 7.49. The standard InChI is InChI=1S/C9H5Br2NO2S2/c1-12-8(13)6(16-9(12)15)3-4-2-5(10)7(11)14-4/h2-3H,1H3/b6-3+. The number of rotatable bonds is 1. The molecule has 0 spiro atoms. The second kappa shape index (κ2) is 4.64. The lowest BCUT2D eigenvalue weighted by Gasteiger charge is -2.03. The van der Waals surface area contributed by atoms with E-state index in [4.69, 9.17) is 16.6 Å². The minimum Gasteiger partial charge on any atom is -0.449 e. The van der Waals surface area contributed by atoms with E-state index < -0.39 is 0 Å². The number of carbonyl (C=O) groups is 1. The van der Waals surface area contributed by atoms with Gasteiger partial charge in [-0.1, -0.05) is 24.0 Å². The highest BCUT2D eigenvalue weighted by atomic mass is 79.9. The Hall–Kier alpha value is -0.110. The molecule has 3 nitrogen and oxygen atoms in total. The first-order valence-electron chi connectivity index (χ1n) is 4.15. The van der Waals surface area contributed by atoms with Crippen LogP contribution in [0.4, 0.5) is 0 Å². The molecule has 1 aliphatic heterocycles. The lowest BCUT2D eigenvalue weighted by atomic mass is 10.4. The lowest BCUT2D eigenvalue weighted by molar-refractivity contribution is -0.121. The fraction of sp³-hybridized carbons (Fsp3) is 0.111. The van der Waals surface area contributed by atoms with Gasteiger partial charge in [-0.2, -0.15) is 0 Å². The third-order valence-corrected chi connectivity index (χ3v) is 5.12. The van der Waals surface area contributed by atoms with Gasteiger partial charge in [0.1, 0.15) is 10.1 Å². The summed E-state index contributed by atoms with van der Waals surface area (Å²) >= 11 is 12.8. The number of thioether (sulfide) groups is 1. The predicted octanol–water partition coefficient (Wildman–Crippen LogP) is 3.64. The van der Waals surface area contributed by atoms with E-state index in [2.05, 4.69) is 31.9 Å². The zero-order valence-electron chi connectivity index (χ0n) is 7.99. The molecule has 16 heavy (non-hydrogen) atoms. The van der Waals surface area contributed by atoms with E-state index >= 15 is 0 Å². The van der Waals surface area contributed by atoms with Gasteiger partial charge in [-0.15, -0.1) is 0 Å². The Morgan fingerprint density at radius 1 is 1.56 bits per heavy atom. The molecule has 1 aromatic heterocycles. The molecule has 0 atom stereocenters. The molecule has 0 N–H and O–H groups in total. The van der Waals surface area contributed by atoms with Crippen LogP contribution in [0, 0.1) is 0 Å². The van der Waals surface area contributed by atoms with E-state index in [0.29, 0.717) is 19.7 Å². The number of carbonyl (C=O) groups excluding carboxylic acids is 1. The SMILES string of the molecule is CN1C(=O)/C(=C\c2cc(Br)c(Br)o2)SC1=S. The van der Waals surface area contributed by atoms with Gasteiger partial charge in [0, 0.05) is 13.1 Å². The van der Waals surface area contributed by atoms with Crippen LogP contribution in [-0.4, -0.2) is 22.2 Å². The van der Waals surface area contributed by atoms with E-state index in [9.17, 15) is 4.79 Å². The zero-order valence-corrected chi connectivity index (χ0v) is 12.8. The van der Waals surface area contributed by atoms with Crippen molar-refractivity contribution in [2.75, 3.05) is 7.05 Å². The second-order valence-corrected chi connectivity index (χ2v) is 6.26. The number of nitrogens with zero attached hydrogens (tertiary/aromatic N) is 1. The number of hydrogen-bond acceptors (Lipinski definition) is 4. The van der Waals surface area contributed by atoms with Crippen molar-refractivity contribution in [2.24, 2.45) is 0 Å². The highest BCUT2D eigenvalue weighted by Crippen LogP contribution is 2.33. The minimum atomic E-state index is -0.0985. The van der Waals surface area contributed by atoms with Gasteiger partial charge in [-0.25, -0.2) is 0 Å². The van der Waals surface area contributed by atoms with Crippen LogP contribution in [0.25, 0.3) is 6.08 Å². The average molecular weight is 383 g/mol. The Kier molecular flexibility index (Phi) is 3.58. The summed E-state index contributed by atoms with van der Waals surface area (Å²) in [5, 5.41) is 0. The van der Waals surface area contributed by atoms with Gasteiger partial charge in [0.05, 0.1) is 9.38 Å². The van der Waals surface area contributed by atoms with E-state index in [1.165, 1.54) is 16.7 Å². The molecule has 0 unspecified atom stereocenters. The van der Waals surface area contributed by atoms with Crippen LogP contribution in [0.5, 0.6) is 0 Å². The van der Waals surface area contributed by atoms with Crippen molar-refractivity contribution in [3.8, 4) is 0 Å². The Balaban J connectivity index is 2.32. The topological polar surface area (TPSA) is 33.5 Å². The van der Waals surface area contributed by atoms with E-state index in [0.717, 1.165) is 4.47 Å². The molecule has 0 aromatic carbocycles. The summed E-state index contributed by atoms with van der Waals surface area (Å²) in [5.41, 5.74) is 0. The molecule has 1 amide bonds. The van der Waals surface area contributed by atoms with E-state index in [1.807, 2.05) is 0 Å². The van der Waals surface area contributed by atoms with Crippen LogP contribution in [0.2, 0.25) is 0 Å². The molecule has 7 heteroatoms. The first kappa shape index (κ1) is 12.3. The van der Waals surface area contributed by atoms with Crippen molar-refractivity contribution in [3.05, 3.63) is 25.9 Å². The van der Waals surface area contributed by atoms with Crippen LogP contribution in [0.1, 0.15) is 5.76 Å². The number of likely N-dealkylation sites (N-methyl/N-ethyl adjacent to an activating group) is 1. The first-order valence-corrected chi connectivity index (χ1v) is 6.96. The van der Waals surface area contributed by atoms with E-state index in [-0.39, 0.29) is 5.91 Å². The van der Waals surface area contributed by atoms with Crippen molar-refractivity contribution >= 4 is 72.1 Å². The number of thiocarbonyl (C=S) groups is 1. The van der Waals surface area contributed by atoms with Crippen molar-refractivity contribution in [2.45, 2.75) is 0 Å². The molecule has 0 saturated carbocycles. The normalized spacial score (nSPS) is 18.9. The maximum atomic E-state index is 11.7. The van der Waals surface area contributed by atoms with Crippen LogP contribution < -0.4 is 0 Å². The predicted molar refractivity (Wildman–Crippen MR) is 75.0 cm³/mol. The van der Waals surface area contributed by atoms with Crippen molar-refractivity contribution in [3.63, 3.8) is 0 Å². The van der Waals surface area contributed by atoms with Gasteiger partial charge in [0.25, 0.3) is 5.91 Å². The van der Waals surface area contributed by atoms with Gasteiger partial charge in [0.15, 0.2) is 4.67 Å². The highest BCUT2D eigenvalue weighted by Gasteiger charge is 2.29. The number of halogens is 2. The molecule has 0 bridgehead atoms. The number of amides is 1. The van der Waals surface area contributed by atoms with Crippen LogP contribution in [0.3, 0.4) is 0 Å². The van der Waals surface area contributed by atoms with Crippen molar-refractivity contribution in [1.29, 1.82) is 0 Å². The third kappa shape index (κ3) is 2.27. The Morgan fingerprint density at radius 2 is 2.25 bits per heavy atom. The fourth-order valence-corrected chi connectivity index (χ4v) is 2.88. The van der Waals surface area contributed by atoms with Crippen LogP contribution in [-0.2, 0) is 4.79 Å². The molecule has 1 fully saturated rings. The molecule has 2 heterocycles. The quantitative estimate of drug-likeness (QED) is 0.548. The van der Waals surface area contributed by atoms with Crippen molar-refractivity contribution in [1.82, 2.24) is 4.90 Å². The summed E-state index contributed by atoms with van der Waals surface area (Å²) in [4.78, 5) is 13.7. The largest absolute Gasteiger partial charge is 0.449 e. The second-order valence-electron chi connectivity index (χ2n) is 3.01. The summed E-state index contributed by atoms with van der Waals surface area (Å²) in [6.07, 6.45) is 1.68. The molecular formula is C9H5Br2NO2S2. The van der Waals surface area contributed by atoms with Crippen LogP contribution in [0.15, 0.2) is 24.5 Å². The smallest absolute Gasteiger partial charge is 0.266 e. The third-order valence-electron chi connectivity index (χ3n) is 1.92. The Bertz CT molecular complexity index is 490. The van der Waals surface area contributed by atoms with Gasteiger partial charge < -0.3 is 4.42 Å². The summed E-state index contributed by atoms with van der Waals surface area (Å²) in [6.45, 7) is 0. The summed E-state index contributed by atoms with van der Waals surface area (Å²) < 4.78 is 7.33. The Morgan fingerprint density at radius 3 is 2.69 bits per heavy atom. The molecule has 1 saturated heterocycles. The highest BCUT2D eigenvalue weighted by molar-refractivity contribution is 9.13. The number of furan rings is 1. The maximum absolute atomic E-state index is 11.7. The molecule has 0 aliphatic carbocycles. The molecular weight excluding hydrogens is 378 g/mol. The van der Waals surface area contributed by atoms with Crippen molar-refractivity contribution < 1.29 is 9.21 Å². The Labute approximate surface area is 118 Å². The summed E-state index contributed by atoms with van der Waals surface area (Å²) in [5.74, 6) is 0.506. The lowest BCUT2D eigenvalue weighted by Crippen LogP contribution is -2.22. The fourth-order valence-electron chi connectivity index (χ4n) is 1.11. The monoisotopic (exact) mass is 381 g/mol. The molecule has 1 aliphatic rings. The summed E-state index contributed by atoms with van der Waals surface area (Å²) in [6, 6.07) is 1.78. The van der Waals surface area contributed by atoms with Gasteiger partial charge in [-0.3, -0.25) is 9.69 Å². The zero-order chi connectivity index (χ0) is 11.9. The average Bonchev–Trinajstić information content (AvgIpc) is 2.64. The minimum absolute atomic E-state index is 0.0985. The van der Waals surface area contributed by atoms with Crippen LogP contribution >= 0.6 is 55.8 Å².